The number of benzene rings is 1. The van der Waals surface area contributed by atoms with Crippen LogP contribution in [-0.2, 0) is 6.42 Å². The molecule has 1 N–H and O–H groups in total. The molecule has 1 saturated heterocycles. The first-order valence-electron chi connectivity index (χ1n) is 6.74. The van der Waals surface area contributed by atoms with E-state index in [0.29, 0.717) is 11.5 Å². The monoisotopic (exact) mass is 260 g/mol. The molecule has 0 bridgehead atoms. The normalized spacial score (nSPS) is 19.5. The molecule has 0 aliphatic carbocycles. The third-order valence-electron chi connectivity index (χ3n) is 3.68. The smallest absolute Gasteiger partial charge is 0.144 e. The summed E-state index contributed by atoms with van der Waals surface area (Å²) >= 11 is 0. The molecule has 1 aliphatic rings. The van der Waals surface area contributed by atoms with Gasteiger partial charge in [-0.1, -0.05) is 23.4 Å². The molecule has 3 nitrogen and oxygen atoms in total. The molecule has 2 aromatic rings. The second-order valence-corrected chi connectivity index (χ2v) is 5.06. The molecular formula is C15H17FN2O. The van der Waals surface area contributed by atoms with E-state index in [4.69, 9.17) is 4.52 Å². The van der Waals surface area contributed by atoms with Gasteiger partial charge in [-0.15, -0.1) is 0 Å². The summed E-state index contributed by atoms with van der Waals surface area (Å²) < 4.78 is 19.2. The molecule has 1 unspecified atom stereocenters. The molecule has 0 amide bonds. The van der Waals surface area contributed by atoms with Crippen LogP contribution in [-0.4, -0.2) is 18.2 Å². The first-order chi connectivity index (χ1) is 9.34. The van der Waals surface area contributed by atoms with Gasteiger partial charge in [-0.05, 0) is 37.9 Å². The van der Waals surface area contributed by atoms with Gasteiger partial charge in [0, 0.05) is 17.5 Å². The summed E-state index contributed by atoms with van der Waals surface area (Å²) in [4.78, 5) is 0. The Bertz CT molecular complexity index is 547. The Morgan fingerprint density at radius 3 is 3.00 bits per heavy atom. The Hall–Kier alpha value is -1.68. The predicted octanol–water partition coefficient (Wildman–Crippen LogP) is 3.02. The third kappa shape index (κ3) is 2.68. The van der Waals surface area contributed by atoms with Gasteiger partial charge < -0.3 is 9.84 Å². The fraction of sp³-hybridized carbons (Fsp3) is 0.400. The van der Waals surface area contributed by atoms with E-state index in [9.17, 15) is 4.39 Å². The van der Waals surface area contributed by atoms with Gasteiger partial charge in [-0.25, -0.2) is 4.39 Å². The largest absolute Gasteiger partial charge is 0.361 e. The first kappa shape index (κ1) is 12.4. The molecule has 0 radical (unpaired) electrons. The second-order valence-electron chi connectivity index (χ2n) is 5.06. The highest BCUT2D eigenvalue weighted by Gasteiger charge is 2.20. The molecule has 1 aromatic heterocycles. The lowest BCUT2D eigenvalue weighted by Crippen LogP contribution is -2.30. The maximum Gasteiger partial charge on any atom is 0.144 e. The number of nitrogens with zero attached hydrogens (tertiary/aromatic N) is 1. The second kappa shape index (κ2) is 5.53. The quantitative estimate of drug-likeness (QED) is 0.921. The minimum Gasteiger partial charge on any atom is -0.361 e. The van der Waals surface area contributed by atoms with Gasteiger partial charge in [0.05, 0.1) is 6.20 Å². The Morgan fingerprint density at radius 2 is 2.21 bits per heavy atom. The van der Waals surface area contributed by atoms with Crippen LogP contribution in [0, 0.1) is 11.7 Å². The fourth-order valence-corrected chi connectivity index (χ4v) is 2.67. The van der Waals surface area contributed by atoms with Crippen LogP contribution in [0.4, 0.5) is 4.39 Å². The van der Waals surface area contributed by atoms with Crippen molar-refractivity contribution in [1.82, 2.24) is 10.5 Å². The van der Waals surface area contributed by atoms with Crippen LogP contribution in [0.2, 0.25) is 0 Å². The van der Waals surface area contributed by atoms with E-state index < -0.39 is 0 Å². The molecule has 2 heterocycles. The van der Waals surface area contributed by atoms with Gasteiger partial charge in [0.1, 0.15) is 11.6 Å². The summed E-state index contributed by atoms with van der Waals surface area (Å²) in [5.41, 5.74) is 1.35. The summed E-state index contributed by atoms with van der Waals surface area (Å²) in [6.45, 7) is 2.09. The van der Waals surface area contributed by atoms with E-state index in [1.807, 2.05) is 6.07 Å². The van der Waals surface area contributed by atoms with Gasteiger partial charge in [0.25, 0.3) is 0 Å². The summed E-state index contributed by atoms with van der Waals surface area (Å²) in [6, 6.07) is 6.76. The van der Waals surface area contributed by atoms with Crippen molar-refractivity contribution in [2.45, 2.75) is 19.3 Å². The van der Waals surface area contributed by atoms with E-state index in [1.54, 1.807) is 18.3 Å². The maximum atomic E-state index is 13.8. The van der Waals surface area contributed by atoms with Gasteiger partial charge in [-0.3, -0.25) is 0 Å². The highest BCUT2D eigenvalue weighted by atomic mass is 19.1. The highest BCUT2D eigenvalue weighted by molar-refractivity contribution is 5.65. The lowest BCUT2D eigenvalue weighted by atomic mass is 9.92. The van der Waals surface area contributed by atoms with E-state index in [1.165, 1.54) is 18.9 Å². The Kier molecular flexibility index (Phi) is 3.60. The molecule has 1 atom stereocenters. The number of hydrogen-bond donors (Lipinski definition) is 1. The van der Waals surface area contributed by atoms with Crippen LogP contribution in [0.15, 0.2) is 35.0 Å². The summed E-state index contributed by atoms with van der Waals surface area (Å²) in [5.74, 6) is 1.11. The molecule has 19 heavy (non-hydrogen) atoms. The highest BCUT2D eigenvalue weighted by Crippen LogP contribution is 2.28. The SMILES string of the molecule is Fc1ccccc1-c1cnoc1CC1CCCNC1. The number of nitrogens with one attached hydrogen (secondary N) is 1. The average molecular weight is 260 g/mol. The molecule has 1 fully saturated rings. The maximum absolute atomic E-state index is 13.8. The van der Waals surface area contributed by atoms with Crippen LogP contribution in [0.5, 0.6) is 0 Å². The van der Waals surface area contributed by atoms with Crippen molar-refractivity contribution in [2.75, 3.05) is 13.1 Å². The molecule has 3 rings (SSSR count). The van der Waals surface area contributed by atoms with E-state index in [0.717, 1.165) is 30.8 Å². The van der Waals surface area contributed by atoms with E-state index in [-0.39, 0.29) is 5.82 Å². The van der Waals surface area contributed by atoms with Crippen molar-refractivity contribution >= 4 is 0 Å². The fourth-order valence-electron chi connectivity index (χ4n) is 2.67. The van der Waals surface area contributed by atoms with Crippen molar-refractivity contribution < 1.29 is 8.91 Å². The zero-order valence-electron chi connectivity index (χ0n) is 10.7. The molecule has 1 aliphatic heterocycles. The number of aromatic nitrogens is 1. The third-order valence-corrected chi connectivity index (χ3v) is 3.68. The standard InChI is InChI=1S/C15H17FN2O/c16-14-6-2-1-5-12(14)13-10-18-19-15(13)8-11-4-3-7-17-9-11/h1-2,5-6,10-11,17H,3-4,7-9H2. The zero-order chi connectivity index (χ0) is 13.1. The van der Waals surface area contributed by atoms with Crippen molar-refractivity contribution in [3.8, 4) is 11.1 Å². The lowest BCUT2D eigenvalue weighted by molar-refractivity contribution is 0.321. The summed E-state index contributed by atoms with van der Waals surface area (Å²) in [7, 11) is 0. The number of halogens is 1. The predicted molar refractivity (Wildman–Crippen MR) is 71.2 cm³/mol. The van der Waals surface area contributed by atoms with Crippen LogP contribution in [0.25, 0.3) is 11.1 Å². The van der Waals surface area contributed by atoms with Gasteiger partial charge >= 0.3 is 0 Å². The van der Waals surface area contributed by atoms with Crippen molar-refractivity contribution in [2.24, 2.45) is 5.92 Å². The average Bonchev–Trinajstić information content (AvgIpc) is 2.88. The summed E-state index contributed by atoms with van der Waals surface area (Å²) in [5, 5.41) is 7.22. The van der Waals surface area contributed by atoms with E-state index in [2.05, 4.69) is 10.5 Å². The molecule has 0 saturated carbocycles. The number of piperidine rings is 1. The number of rotatable bonds is 3. The van der Waals surface area contributed by atoms with Crippen molar-refractivity contribution in [3.05, 3.63) is 42.0 Å². The zero-order valence-corrected chi connectivity index (χ0v) is 10.7. The Labute approximate surface area is 111 Å². The summed E-state index contributed by atoms with van der Waals surface area (Å²) in [6.07, 6.45) is 4.80. The topological polar surface area (TPSA) is 38.1 Å². The van der Waals surface area contributed by atoms with Gasteiger partial charge in [0.15, 0.2) is 0 Å². The van der Waals surface area contributed by atoms with Gasteiger partial charge in [-0.2, -0.15) is 0 Å². The minimum atomic E-state index is -0.228. The van der Waals surface area contributed by atoms with E-state index >= 15 is 0 Å². The van der Waals surface area contributed by atoms with Crippen LogP contribution in [0.3, 0.4) is 0 Å². The van der Waals surface area contributed by atoms with Gasteiger partial charge in [0.2, 0.25) is 0 Å². The Morgan fingerprint density at radius 1 is 1.32 bits per heavy atom. The molecule has 100 valence electrons. The van der Waals surface area contributed by atoms with Crippen LogP contribution < -0.4 is 5.32 Å². The van der Waals surface area contributed by atoms with Crippen molar-refractivity contribution in [1.29, 1.82) is 0 Å². The molecule has 0 spiro atoms. The van der Waals surface area contributed by atoms with Crippen LogP contribution in [0.1, 0.15) is 18.6 Å². The molecular weight excluding hydrogens is 243 g/mol. The first-order valence-corrected chi connectivity index (χ1v) is 6.74. The Balaban J connectivity index is 1.84. The number of hydrogen-bond acceptors (Lipinski definition) is 3. The molecule has 4 heteroatoms. The minimum absolute atomic E-state index is 0.228. The van der Waals surface area contributed by atoms with Crippen LogP contribution >= 0.6 is 0 Å². The van der Waals surface area contributed by atoms with Crippen molar-refractivity contribution in [3.63, 3.8) is 0 Å². The lowest BCUT2D eigenvalue weighted by Gasteiger charge is -2.21. The molecule has 1 aromatic carbocycles.